The molecule has 0 saturated heterocycles. The van der Waals surface area contributed by atoms with Crippen molar-refractivity contribution >= 4 is 31.3 Å². The number of hydrogen-bond donors (Lipinski definition) is 2. The van der Waals surface area contributed by atoms with Gasteiger partial charge in [0, 0.05) is 17.7 Å². The molecule has 134 valence electrons. The SMILES string of the molecule is CC(C)(C)OC(=O)Nc1ccc([N+](=O)[O-])cc1C(=N)C#C[Si](C)(C)C. The molecule has 0 aliphatic rings. The van der Waals surface area contributed by atoms with Gasteiger partial charge in [-0.3, -0.25) is 20.8 Å². The summed E-state index contributed by atoms with van der Waals surface area (Å²) in [6, 6.07) is 3.87. The Hall–Kier alpha value is -2.66. The van der Waals surface area contributed by atoms with Gasteiger partial charge in [-0.05, 0) is 26.8 Å². The fourth-order valence-corrected chi connectivity index (χ4v) is 2.19. The van der Waals surface area contributed by atoms with Crippen LogP contribution < -0.4 is 5.32 Å². The molecule has 1 aromatic rings. The van der Waals surface area contributed by atoms with Gasteiger partial charge >= 0.3 is 6.09 Å². The highest BCUT2D eigenvalue weighted by atomic mass is 28.3. The number of hydrogen-bond acceptors (Lipinski definition) is 5. The van der Waals surface area contributed by atoms with E-state index in [-0.39, 0.29) is 22.6 Å². The number of rotatable bonds is 3. The van der Waals surface area contributed by atoms with E-state index in [2.05, 4.69) is 16.8 Å². The van der Waals surface area contributed by atoms with Crippen molar-refractivity contribution in [1.82, 2.24) is 0 Å². The van der Waals surface area contributed by atoms with Gasteiger partial charge in [0.25, 0.3) is 5.69 Å². The van der Waals surface area contributed by atoms with Crippen LogP contribution in [-0.4, -0.2) is 30.4 Å². The lowest BCUT2D eigenvalue weighted by molar-refractivity contribution is -0.384. The lowest BCUT2D eigenvalue weighted by atomic mass is 10.1. The van der Waals surface area contributed by atoms with Crippen LogP contribution in [-0.2, 0) is 4.74 Å². The number of non-ortho nitro benzene ring substituents is 1. The summed E-state index contributed by atoms with van der Waals surface area (Å²) in [5, 5.41) is 21.7. The number of nitro groups is 1. The molecule has 0 fully saturated rings. The standard InChI is InChI=1S/C17H23N3O4Si/c1-17(2,3)24-16(21)19-15-8-7-12(20(22)23)11-13(15)14(18)9-10-25(4,5)6/h7-8,11,18H,1-6H3,(H,19,21). The first kappa shape index (κ1) is 20.4. The van der Waals surface area contributed by atoms with Gasteiger partial charge in [-0.2, -0.15) is 0 Å². The molecule has 0 atom stereocenters. The Morgan fingerprint density at radius 3 is 2.40 bits per heavy atom. The molecule has 1 amide bonds. The van der Waals surface area contributed by atoms with Crippen molar-refractivity contribution in [3.63, 3.8) is 0 Å². The number of carbonyl (C=O) groups is 1. The second-order valence-electron chi connectivity index (χ2n) is 7.49. The molecule has 1 rings (SSSR count). The maximum absolute atomic E-state index is 12.0. The predicted octanol–water partition coefficient (Wildman–Crippen LogP) is 4.19. The Morgan fingerprint density at radius 2 is 1.92 bits per heavy atom. The number of nitrogens with one attached hydrogen (secondary N) is 2. The Balaban J connectivity index is 3.24. The van der Waals surface area contributed by atoms with Gasteiger partial charge < -0.3 is 4.74 Å². The van der Waals surface area contributed by atoms with Crippen molar-refractivity contribution in [2.24, 2.45) is 0 Å². The average molecular weight is 361 g/mol. The Bertz CT molecular complexity index is 765. The molecule has 25 heavy (non-hydrogen) atoms. The molecule has 0 aliphatic carbocycles. The van der Waals surface area contributed by atoms with Gasteiger partial charge in [0.2, 0.25) is 0 Å². The number of ether oxygens (including phenoxy) is 1. The summed E-state index contributed by atoms with van der Waals surface area (Å²) in [7, 11) is -1.72. The van der Waals surface area contributed by atoms with E-state index in [0.29, 0.717) is 0 Å². The fraction of sp³-hybridized carbons (Fsp3) is 0.412. The minimum atomic E-state index is -1.72. The summed E-state index contributed by atoms with van der Waals surface area (Å²) >= 11 is 0. The van der Waals surface area contributed by atoms with Crippen molar-refractivity contribution in [3.8, 4) is 11.5 Å². The van der Waals surface area contributed by atoms with Crippen LogP contribution in [0.25, 0.3) is 0 Å². The molecule has 0 heterocycles. The first-order valence-electron chi connectivity index (χ1n) is 7.69. The molecular formula is C17H23N3O4Si. The topological polar surface area (TPSA) is 105 Å². The minimum absolute atomic E-state index is 0.0859. The van der Waals surface area contributed by atoms with Crippen molar-refractivity contribution in [2.45, 2.75) is 46.0 Å². The van der Waals surface area contributed by atoms with Crippen molar-refractivity contribution in [1.29, 1.82) is 5.41 Å². The lowest BCUT2D eigenvalue weighted by Gasteiger charge is -2.20. The zero-order valence-corrected chi connectivity index (χ0v) is 16.3. The monoisotopic (exact) mass is 361 g/mol. The summed E-state index contributed by atoms with van der Waals surface area (Å²) in [5.74, 6) is 2.75. The molecular weight excluding hydrogens is 338 g/mol. The Morgan fingerprint density at radius 1 is 1.32 bits per heavy atom. The molecule has 0 unspecified atom stereocenters. The molecule has 1 aromatic carbocycles. The molecule has 0 bridgehead atoms. The smallest absolute Gasteiger partial charge is 0.412 e. The maximum Gasteiger partial charge on any atom is 0.412 e. The third kappa shape index (κ3) is 7.18. The largest absolute Gasteiger partial charge is 0.444 e. The van der Waals surface area contributed by atoms with E-state index >= 15 is 0 Å². The van der Waals surface area contributed by atoms with Crippen LogP contribution in [0.5, 0.6) is 0 Å². The third-order valence-corrected chi connectivity index (χ3v) is 3.56. The van der Waals surface area contributed by atoms with E-state index in [1.165, 1.54) is 18.2 Å². The summed E-state index contributed by atoms with van der Waals surface area (Å²) in [4.78, 5) is 22.4. The molecule has 2 N–H and O–H groups in total. The van der Waals surface area contributed by atoms with Crippen molar-refractivity contribution < 1.29 is 14.5 Å². The molecule has 0 aliphatic heterocycles. The molecule has 7 nitrogen and oxygen atoms in total. The normalized spacial score (nSPS) is 11.1. The van der Waals surface area contributed by atoms with Crippen LogP contribution in [0.4, 0.5) is 16.2 Å². The van der Waals surface area contributed by atoms with Gasteiger partial charge in [0.1, 0.15) is 19.4 Å². The van der Waals surface area contributed by atoms with Crippen molar-refractivity contribution in [2.75, 3.05) is 5.32 Å². The molecule has 0 aromatic heterocycles. The third-order valence-electron chi connectivity index (χ3n) is 2.68. The minimum Gasteiger partial charge on any atom is -0.444 e. The molecule has 0 saturated carbocycles. The summed E-state index contributed by atoms with van der Waals surface area (Å²) < 4.78 is 5.18. The fourth-order valence-electron chi connectivity index (χ4n) is 1.69. The van der Waals surface area contributed by atoms with Gasteiger partial charge in [-0.1, -0.05) is 25.6 Å². The second-order valence-corrected chi connectivity index (χ2v) is 12.2. The Kier molecular flexibility index (Phi) is 6.10. The van der Waals surface area contributed by atoms with Crippen LogP contribution in [0.3, 0.4) is 0 Å². The van der Waals surface area contributed by atoms with E-state index in [1.54, 1.807) is 20.8 Å². The van der Waals surface area contributed by atoms with Crippen LogP contribution in [0.1, 0.15) is 26.3 Å². The number of nitro benzene ring substituents is 1. The maximum atomic E-state index is 12.0. The first-order valence-corrected chi connectivity index (χ1v) is 11.2. The highest BCUT2D eigenvalue weighted by Crippen LogP contribution is 2.23. The van der Waals surface area contributed by atoms with E-state index in [1.807, 2.05) is 19.6 Å². The van der Waals surface area contributed by atoms with E-state index < -0.39 is 24.7 Å². The van der Waals surface area contributed by atoms with Crippen LogP contribution in [0.15, 0.2) is 18.2 Å². The molecule has 0 spiro atoms. The van der Waals surface area contributed by atoms with Crippen LogP contribution >= 0.6 is 0 Å². The number of carbonyl (C=O) groups excluding carboxylic acids is 1. The number of amides is 1. The number of nitrogens with zero attached hydrogens (tertiary/aromatic N) is 1. The van der Waals surface area contributed by atoms with Gasteiger partial charge in [-0.15, -0.1) is 5.54 Å². The highest BCUT2D eigenvalue weighted by Gasteiger charge is 2.20. The Labute approximate surface area is 148 Å². The van der Waals surface area contributed by atoms with Gasteiger partial charge in [0.15, 0.2) is 0 Å². The quantitative estimate of drug-likeness (QED) is 0.277. The molecule has 8 heteroatoms. The summed E-state index contributed by atoms with van der Waals surface area (Å²) in [5.41, 5.74) is 2.52. The number of anilines is 1. The number of benzene rings is 1. The summed E-state index contributed by atoms with van der Waals surface area (Å²) in [6.45, 7) is 11.3. The van der Waals surface area contributed by atoms with E-state index in [9.17, 15) is 14.9 Å². The predicted molar refractivity (Wildman–Crippen MR) is 101 cm³/mol. The lowest BCUT2D eigenvalue weighted by Crippen LogP contribution is -2.27. The van der Waals surface area contributed by atoms with E-state index in [4.69, 9.17) is 10.1 Å². The second kappa shape index (κ2) is 7.48. The molecule has 0 radical (unpaired) electrons. The van der Waals surface area contributed by atoms with Gasteiger partial charge in [0.05, 0.1) is 10.6 Å². The van der Waals surface area contributed by atoms with Crippen LogP contribution in [0.2, 0.25) is 19.6 Å². The van der Waals surface area contributed by atoms with E-state index in [0.717, 1.165) is 0 Å². The van der Waals surface area contributed by atoms with Crippen molar-refractivity contribution in [3.05, 3.63) is 33.9 Å². The van der Waals surface area contributed by atoms with Gasteiger partial charge in [-0.25, -0.2) is 4.79 Å². The van der Waals surface area contributed by atoms with Crippen LogP contribution in [0, 0.1) is 27.0 Å². The summed E-state index contributed by atoms with van der Waals surface area (Å²) in [6.07, 6.45) is -0.700. The zero-order chi connectivity index (χ0) is 19.4. The average Bonchev–Trinajstić information content (AvgIpc) is 2.42. The first-order chi connectivity index (χ1) is 11.3. The highest BCUT2D eigenvalue weighted by molar-refractivity contribution is 6.84. The zero-order valence-electron chi connectivity index (χ0n) is 15.3.